The van der Waals surface area contributed by atoms with Crippen molar-refractivity contribution in [2.75, 3.05) is 7.11 Å². The molecule has 0 aliphatic heterocycles. The molecule has 0 aliphatic carbocycles. The van der Waals surface area contributed by atoms with Crippen LogP contribution in [-0.4, -0.2) is 7.11 Å². The second-order valence-corrected chi connectivity index (χ2v) is 5.84. The van der Waals surface area contributed by atoms with E-state index in [2.05, 4.69) is 22.6 Å². The van der Waals surface area contributed by atoms with Crippen molar-refractivity contribution in [2.24, 2.45) is 0 Å². The third-order valence-electron chi connectivity index (χ3n) is 2.89. The molecule has 100 valence electrons. The van der Waals surface area contributed by atoms with Crippen molar-refractivity contribution in [2.45, 2.75) is 11.8 Å². The minimum atomic E-state index is -0.241. The van der Waals surface area contributed by atoms with Gasteiger partial charge < -0.3 is 4.74 Å². The summed E-state index contributed by atoms with van der Waals surface area (Å²) in [6, 6.07) is 12.5. The summed E-state index contributed by atoms with van der Waals surface area (Å²) in [7, 11) is 1.64. The molecule has 0 fully saturated rings. The van der Waals surface area contributed by atoms with Gasteiger partial charge in [0.25, 0.3) is 0 Å². The van der Waals surface area contributed by atoms with Crippen LogP contribution in [0.4, 0.5) is 4.39 Å². The van der Waals surface area contributed by atoms with Gasteiger partial charge >= 0.3 is 0 Å². The maximum Gasteiger partial charge on any atom is 0.124 e. The number of ether oxygens (including phenoxy) is 1. The Kier molecular flexibility index (Phi) is 5.05. The number of hydrogen-bond donors (Lipinski definition) is 0. The lowest BCUT2D eigenvalue weighted by atomic mass is 10.0. The first-order chi connectivity index (χ1) is 9.11. The van der Waals surface area contributed by atoms with Crippen LogP contribution in [0.25, 0.3) is 0 Å². The SMILES string of the molecule is COc1ccccc1CC(Cl)c1ccc(F)cc1I. The molecule has 0 amide bonds. The van der Waals surface area contributed by atoms with E-state index in [1.807, 2.05) is 24.3 Å². The van der Waals surface area contributed by atoms with Gasteiger partial charge in [-0.3, -0.25) is 0 Å². The van der Waals surface area contributed by atoms with Crippen LogP contribution in [-0.2, 0) is 6.42 Å². The van der Waals surface area contributed by atoms with E-state index in [1.54, 1.807) is 13.2 Å². The topological polar surface area (TPSA) is 9.23 Å². The number of benzene rings is 2. The standard InChI is InChI=1S/C15H13ClFIO/c1-19-15-5-3-2-4-10(15)8-13(16)12-7-6-11(17)9-14(12)18/h2-7,9,13H,8H2,1H3. The van der Waals surface area contributed by atoms with Crippen molar-refractivity contribution >= 4 is 34.2 Å². The Labute approximate surface area is 130 Å². The Morgan fingerprint density at radius 1 is 1.26 bits per heavy atom. The van der Waals surface area contributed by atoms with Gasteiger partial charge in [0.15, 0.2) is 0 Å². The predicted molar refractivity (Wildman–Crippen MR) is 84.4 cm³/mol. The van der Waals surface area contributed by atoms with E-state index in [0.29, 0.717) is 6.42 Å². The summed E-state index contributed by atoms with van der Waals surface area (Å²) < 4.78 is 19.2. The summed E-state index contributed by atoms with van der Waals surface area (Å²) in [6.07, 6.45) is 0.646. The van der Waals surface area contributed by atoms with Crippen molar-refractivity contribution in [3.8, 4) is 5.75 Å². The fourth-order valence-corrected chi connectivity index (χ4v) is 3.32. The van der Waals surface area contributed by atoms with Crippen LogP contribution in [0.15, 0.2) is 42.5 Å². The maximum atomic E-state index is 13.1. The van der Waals surface area contributed by atoms with Crippen LogP contribution in [0, 0.1) is 9.39 Å². The highest BCUT2D eigenvalue weighted by molar-refractivity contribution is 14.1. The first-order valence-electron chi connectivity index (χ1n) is 5.82. The second kappa shape index (κ2) is 6.57. The Hall–Kier alpha value is -0.810. The summed E-state index contributed by atoms with van der Waals surface area (Å²) >= 11 is 8.55. The zero-order valence-electron chi connectivity index (χ0n) is 10.4. The number of halogens is 3. The normalized spacial score (nSPS) is 12.2. The van der Waals surface area contributed by atoms with Gasteiger partial charge in [0.1, 0.15) is 11.6 Å². The molecule has 1 atom stereocenters. The third-order valence-corrected chi connectivity index (χ3v) is 4.22. The van der Waals surface area contributed by atoms with E-state index in [0.717, 1.165) is 20.4 Å². The average Bonchev–Trinajstić information content (AvgIpc) is 2.39. The molecule has 2 aromatic rings. The molecule has 0 bridgehead atoms. The Balaban J connectivity index is 2.23. The molecule has 0 N–H and O–H groups in total. The molecule has 0 spiro atoms. The fourth-order valence-electron chi connectivity index (χ4n) is 1.93. The minimum absolute atomic E-state index is 0.205. The first kappa shape index (κ1) is 14.6. The third kappa shape index (κ3) is 3.60. The quantitative estimate of drug-likeness (QED) is 0.529. The highest BCUT2D eigenvalue weighted by atomic mass is 127. The number of rotatable bonds is 4. The van der Waals surface area contributed by atoms with Gasteiger partial charge in [0.2, 0.25) is 0 Å². The minimum Gasteiger partial charge on any atom is -0.496 e. The molecule has 0 saturated carbocycles. The van der Waals surface area contributed by atoms with Crippen molar-refractivity contribution in [1.82, 2.24) is 0 Å². The highest BCUT2D eigenvalue weighted by Crippen LogP contribution is 2.32. The zero-order chi connectivity index (χ0) is 13.8. The van der Waals surface area contributed by atoms with E-state index in [4.69, 9.17) is 16.3 Å². The first-order valence-corrected chi connectivity index (χ1v) is 7.34. The Morgan fingerprint density at radius 3 is 2.68 bits per heavy atom. The van der Waals surface area contributed by atoms with Crippen LogP contribution in [0.1, 0.15) is 16.5 Å². The van der Waals surface area contributed by atoms with Crippen LogP contribution >= 0.6 is 34.2 Å². The summed E-state index contributed by atoms with van der Waals surface area (Å²) in [6.45, 7) is 0. The lowest BCUT2D eigenvalue weighted by Crippen LogP contribution is -2.01. The van der Waals surface area contributed by atoms with Gasteiger partial charge in [-0.15, -0.1) is 11.6 Å². The van der Waals surface area contributed by atoms with Crippen LogP contribution < -0.4 is 4.74 Å². The number of methoxy groups -OCH3 is 1. The molecule has 0 aromatic heterocycles. The number of alkyl halides is 1. The summed E-state index contributed by atoms with van der Waals surface area (Å²) in [5.74, 6) is 0.583. The molecule has 2 rings (SSSR count). The summed E-state index contributed by atoms with van der Waals surface area (Å²) in [5, 5.41) is -0.205. The van der Waals surface area contributed by atoms with Crippen LogP contribution in [0.2, 0.25) is 0 Å². The molecule has 19 heavy (non-hydrogen) atoms. The van der Waals surface area contributed by atoms with E-state index < -0.39 is 0 Å². The van der Waals surface area contributed by atoms with Crippen LogP contribution in [0.5, 0.6) is 5.75 Å². The highest BCUT2D eigenvalue weighted by Gasteiger charge is 2.15. The van der Waals surface area contributed by atoms with Crippen molar-refractivity contribution in [3.63, 3.8) is 0 Å². The van der Waals surface area contributed by atoms with E-state index in [1.165, 1.54) is 12.1 Å². The second-order valence-electron chi connectivity index (χ2n) is 4.15. The molecule has 4 heteroatoms. The van der Waals surface area contributed by atoms with E-state index in [-0.39, 0.29) is 11.2 Å². The van der Waals surface area contributed by atoms with E-state index >= 15 is 0 Å². The molecule has 1 unspecified atom stereocenters. The zero-order valence-corrected chi connectivity index (χ0v) is 13.3. The maximum absolute atomic E-state index is 13.1. The van der Waals surface area contributed by atoms with Crippen molar-refractivity contribution < 1.29 is 9.13 Å². The van der Waals surface area contributed by atoms with Gasteiger partial charge in [-0.05, 0) is 58.3 Å². The number of hydrogen-bond acceptors (Lipinski definition) is 1. The molecule has 1 nitrogen and oxygen atoms in total. The molecule has 0 aliphatic rings. The lowest BCUT2D eigenvalue weighted by Gasteiger charge is -2.14. The van der Waals surface area contributed by atoms with Crippen LogP contribution in [0.3, 0.4) is 0 Å². The average molecular weight is 391 g/mol. The smallest absolute Gasteiger partial charge is 0.124 e. The van der Waals surface area contributed by atoms with Gasteiger partial charge in [-0.1, -0.05) is 24.3 Å². The molecule has 0 radical (unpaired) electrons. The molecule has 0 saturated heterocycles. The Bertz CT molecular complexity index is 574. The number of para-hydroxylation sites is 1. The van der Waals surface area contributed by atoms with Gasteiger partial charge in [-0.25, -0.2) is 4.39 Å². The van der Waals surface area contributed by atoms with Gasteiger partial charge in [-0.2, -0.15) is 0 Å². The summed E-state index contributed by atoms with van der Waals surface area (Å²) in [5.41, 5.74) is 1.99. The van der Waals surface area contributed by atoms with Gasteiger partial charge in [0, 0.05) is 3.57 Å². The van der Waals surface area contributed by atoms with E-state index in [9.17, 15) is 4.39 Å². The summed E-state index contributed by atoms with van der Waals surface area (Å²) in [4.78, 5) is 0. The van der Waals surface area contributed by atoms with Crippen molar-refractivity contribution in [1.29, 1.82) is 0 Å². The van der Waals surface area contributed by atoms with Gasteiger partial charge in [0.05, 0.1) is 12.5 Å². The fraction of sp³-hybridized carbons (Fsp3) is 0.200. The molecular weight excluding hydrogens is 378 g/mol. The monoisotopic (exact) mass is 390 g/mol. The molecule has 2 aromatic carbocycles. The predicted octanol–water partition coefficient (Wildman–Crippen LogP) is 4.96. The molecular formula is C15H13ClFIO. The van der Waals surface area contributed by atoms with Crippen molar-refractivity contribution in [3.05, 3.63) is 63.0 Å². The largest absolute Gasteiger partial charge is 0.496 e. The Morgan fingerprint density at radius 2 is 2.00 bits per heavy atom. The molecule has 0 heterocycles. The lowest BCUT2D eigenvalue weighted by molar-refractivity contribution is 0.409.